The average molecular weight is 563 g/mol. The van der Waals surface area contributed by atoms with Crippen LogP contribution in [-0.2, 0) is 29.5 Å². The lowest BCUT2D eigenvalue weighted by molar-refractivity contribution is -0.131. The number of hydrogen-bond donors (Lipinski definition) is 0. The van der Waals surface area contributed by atoms with Crippen LogP contribution in [-0.4, -0.2) is 83.8 Å². The van der Waals surface area contributed by atoms with Crippen LogP contribution in [0.2, 0.25) is 0 Å². The number of likely N-dealkylation sites (N-methyl/N-ethyl adjacent to an activating group) is 1. The van der Waals surface area contributed by atoms with E-state index in [1.54, 1.807) is 0 Å². The molecule has 2 aromatic rings. The summed E-state index contributed by atoms with van der Waals surface area (Å²) in [5.41, 5.74) is 4.86. The van der Waals surface area contributed by atoms with E-state index < -0.39 is 23.9 Å². The first-order valence-electron chi connectivity index (χ1n) is 14.5. The number of nitriles is 1. The number of likely N-dealkylation sites (tertiary alicyclic amines) is 1. The summed E-state index contributed by atoms with van der Waals surface area (Å²) >= 11 is 0. The molecule has 0 N–H and O–H groups in total. The van der Waals surface area contributed by atoms with Gasteiger partial charge in [0.05, 0.1) is 24.2 Å². The summed E-state index contributed by atoms with van der Waals surface area (Å²) in [6.07, 6.45) is 4.32. The van der Waals surface area contributed by atoms with E-state index in [0.29, 0.717) is 32.7 Å². The average Bonchev–Trinajstić information content (AvgIpc) is 3.49. The highest BCUT2D eigenvalue weighted by atomic mass is 19.1. The number of aromatic nitrogens is 2. The van der Waals surface area contributed by atoms with Crippen molar-refractivity contribution in [2.24, 2.45) is 0 Å². The van der Waals surface area contributed by atoms with Crippen molar-refractivity contribution in [3.63, 3.8) is 0 Å². The maximum atomic E-state index is 14.0. The zero-order valence-electron chi connectivity index (χ0n) is 23.5. The molecule has 0 radical (unpaired) electrons. The molecule has 3 heterocycles. The number of piperazine rings is 1. The number of carbonyl (C=O) groups excluding carboxylic acids is 1. The molecule has 0 bridgehead atoms. The number of nitrogens with zero attached hydrogens (tertiary/aromatic N) is 6. The number of hydrogen-bond acceptors (Lipinski definition) is 7. The summed E-state index contributed by atoms with van der Waals surface area (Å²) in [7, 11) is 1.90. The van der Waals surface area contributed by atoms with Crippen LogP contribution in [0.15, 0.2) is 36.7 Å². The molecule has 1 spiro atoms. The molecule has 8 nitrogen and oxygen atoms in total. The van der Waals surface area contributed by atoms with Gasteiger partial charge >= 0.3 is 6.01 Å². The molecule has 41 heavy (non-hydrogen) atoms. The predicted octanol–water partition coefficient (Wildman–Crippen LogP) is 3.68. The second-order valence-electron chi connectivity index (χ2n) is 12.0. The van der Waals surface area contributed by atoms with Crippen LogP contribution >= 0.6 is 0 Å². The lowest BCUT2D eigenvalue weighted by Gasteiger charge is -2.42. The van der Waals surface area contributed by atoms with Crippen LogP contribution in [0.3, 0.4) is 0 Å². The van der Waals surface area contributed by atoms with Gasteiger partial charge < -0.3 is 14.5 Å². The molecule has 6 rings (SSSR count). The molecule has 1 amide bonds. The smallest absolute Gasteiger partial charge is 0.318 e. The topological polar surface area (TPSA) is 85.6 Å². The summed E-state index contributed by atoms with van der Waals surface area (Å²) < 4.78 is 33.9. The first kappa shape index (κ1) is 27.6. The van der Waals surface area contributed by atoms with Crippen molar-refractivity contribution in [2.75, 3.05) is 44.7 Å². The number of halogens is 2. The lowest BCUT2D eigenvalue weighted by atomic mass is 9.69. The molecular formula is C31H36F2N6O2. The van der Waals surface area contributed by atoms with Gasteiger partial charge in [0.25, 0.3) is 5.91 Å². The van der Waals surface area contributed by atoms with Crippen molar-refractivity contribution in [2.45, 2.75) is 68.6 Å². The quantitative estimate of drug-likeness (QED) is 0.497. The Labute approximate surface area is 239 Å². The van der Waals surface area contributed by atoms with E-state index in [1.165, 1.54) is 16.0 Å². The van der Waals surface area contributed by atoms with Gasteiger partial charge in [-0.3, -0.25) is 9.69 Å². The Morgan fingerprint density at radius 1 is 1.20 bits per heavy atom. The van der Waals surface area contributed by atoms with Crippen LogP contribution in [0.1, 0.15) is 48.1 Å². The van der Waals surface area contributed by atoms with Crippen LogP contribution in [0, 0.1) is 11.3 Å². The summed E-state index contributed by atoms with van der Waals surface area (Å²) in [4.78, 5) is 27.7. The van der Waals surface area contributed by atoms with Crippen LogP contribution in [0.5, 0.6) is 6.01 Å². The lowest BCUT2D eigenvalue weighted by Crippen LogP contribution is -2.55. The van der Waals surface area contributed by atoms with Crippen molar-refractivity contribution >= 4 is 11.7 Å². The minimum absolute atomic E-state index is 0.0234. The third-order valence-corrected chi connectivity index (χ3v) is 9.52. The molecule has 2 aliphatic carbocycles. The number of carbonyl (C=O) groups is 1. The number of benzene rings is 1. The molecule has 1 unspecified atom stereocenters. The normalized spacial score (nSPS) is 27.4. The van der Waals surface area contributed by atoms with Crippen molar-refractivity contribution in [1.82, 2.24) is 19.8 Å². The monoisotopic (exact) mass is 562 g/mol. The van der Waals surface area contributed by atoms with Gasteiger partial charge in [0, 0.05) is 43.2 Å². The predicted molar refractivity (Wildman–Crippen MR) is 150 cm³/mol. The highest BCUT2D eigenvalue weighted by molar-refractivity contribution is 5.91. The van der Waals surface area contributed by atoms with Gasteiger partial charge in [-0.2, -0.15) is 15.2 Å². The molecule has 4 atom stereocenters. The van der Waals surface area contributed by atoms with E-state index in [-0.39, 0.29) is 30.4 Å². The minimum Gasteiger partial charge on any atom is -0.462 e. The number of alkyl halides is 1. The Morgan fingerprint density at radius 3 is 2.76 bits per heavy atom. The largest absolute Gasteiger partial charge is 0.462 e. The first-order valence-corrected chi connectivity index (χ1v) is 14.5. The highest BCUT2D eigenvalue weighted by Gasteiger charge is 2.43. The number of anilines is 1. The fourth-order valence-corrected chi connectivity index (χ4v) is 7.33. The van der Waals surface area contributed by atoms with Gasteiger partial charge in [-0.05, 0) is 56.7 Å². The van der Waals surface area contributed by atoms with Crippen LogP contribution < -0.4 is 9.64 Å². The van der Waals surface area contributed by atoms with Gasteiger partial charge in [-0.25, -0.2) is 8.78 Å². The zero-order valence-corrected chi connectivity index (χ0v) is 23.5. The highest BCUT2D eigenvalue weighted by Crippen LogP contribution is 2.48. The third kappa shape index (κ3) is 5.16. The Hall–Kier alpha value is -3.58. The Balaban J connectivity index is 1.32. The molecule has 216 valence electrons. The Bertz CT molecular complexity index is 1400. The van der Waals surface area contributed by atoms with Gasteiger partial charge in [-0.1, -0.05) is 30.8 Å². The molecule has 2 fully saturated rings. The summed E-state index contributed by atoms with van der Waals surface area (Å²) in [6, 6.07) is 10.5. The van der Waals surface area contributed by atoms with Crippen LogP contribution in [0.25, 0.3) is 0 Å². The fourth-order valence-electron chi connectivity index (χ4n) is 7.33. The van der Waals surface area contributed by atoms with Crippen molar-refractivity contribution in [3.8, 4) is 12.1 Å². The van der Waals surface area contributed by atoms with E-state index in [0.717, 1.165) is 49.2 Å². The number of amides is 1. The zero-order chi connectivity index (χ0) is 28.7. The Morgan fingerprint density at radius 2 is 2.00 bits per heavy atom. The molecule has 1 aromatic heterocycles. The van der Waals surface area contributed by atoms with E-state index >= 15 is 0 Å². The summed E-state index contributed by atoms with van der Waals surface area (Å²) in [5, 5.41) is 9.46. The van der Waals surface area contributed by atoms with Gasteiger partial charge in [0.15, 0.2) is 5.83 Å². The fraction of sp³-hybridized carbons (Fsp3) is 0.548. The van der Waals surface area contributed by atoms with Crippen molar-refractivity contribution in [1.29, 1.82) is 5.26 Å². The molecule has 10 heteroatoms. The number of rotatable bonds is 6. The van der Waals surface area contributed by atoms with Gasteiger partial charge in [0.1, 0.15) is 18.6 Å². The Kier molecular flexibility index (Phi) is 7.41. The van der Waals surface area contributed by atoms with E-state index in [4.69, 9.17) is 14.7 Å². The number of fused-ring (bicyclic) bond motifs is 3. The maximum Gasteiger partial charge on any atom is 0.318 e. The SMILES string of the molecule is C=C(F)C(=O)N1CCN(c2nc(OC[C@@H]3C[C@@H](F)CN3C)nc3c2CCC2(CCc4ccccc42)C3)C[C@@H]1CC#N. The summed E-state index contributed by atoms with van der Waals surface area (Å²) in [5.74, 6) is -1.04. The molecular weight excluding hydrogens is 526 g/mol. The molecule has 1 aromatic carbocycles. The van der Waals surface area contributed by atoms with Crippen molar-refractivity contribution in [3.05, 3.63) is 59.1 Å². The number of aryl methyl sites for hydroxylation is 1. The summed E-state index contributed by atoms with van der Waals surface area (Å²) in [6.45, 7) is 4.89. The number of ether oxygens (including phenoxy) is 1. The molecule has 4 aliphatic rings. The maximum absolute atomic E-state index is 14.0. The molecule has 2 aliphatic heterocycles. The van der Waals surface area contributed by atoms with E-state index in [2.05, 4.69) is 41.8 Å². The van der Waals surface area contributed by atoms with Crippen molar-refractivity contribution < 1.29 is 18.3 Å². The third-order valence-electron chi connectivity index (χ3n) is 9.52. The first-order chi connectivity index (χ1) is 19.8. The van der Waals surface area contributed by atoms with Gasteiger partial charge in [-0.15, -0.1) is 0 Å². The van der Waals surface area contributed by atoms with Crippen LogP contribution in [0.4, 0.5) is 14.6 Å². The minimum atomic E-state index is -1.02. The second-order valence-corrected chi connectivity index (χ2v) is 12.0. The second kappa shape index (κ2) is 11.0. The standard InChI is InChI=1S/C31H36F2N6O2/c1-20(32)29(40)39-14-13-38(18-23(39)9-12-34)28-25-8-11-31(10-7-21-5-3-4-6-26(21)31)16-27(25)35-30(36-28)41-19-24-15-22(33)17-37(24)2/h3-6,22-24H,1,7-11,13-19H2,2H3/t22-,23+,24+,31?/m1/s1. The molecule has 0 saturated carbocycles. The van der Waals surface area contributed by atoms with E-state index in [9.17, 15) is 18.8 Å². The molecule has 2 saturated heterocycles. The van der Waals surface area contributed by atoms with Gasteiger partial charge in [0.2, 0.25) is 0 Å². The van der Waals surface area contributed by atoms with E-state index in [1.807, 2.05) is 11.9 Å².